The number of nitrogens with one attached hydrogen (secondary N) is 1. The third-order valence-electron chi connectivity index (χ3n) is 3.82. The van der Waals surface area contributed by atoms with Crippen LogP contribution >= 0.6 is 0 Å². The van der Waals surface area contributed by atoms with E-state index in [0.29, 0.717) is 6.42 Å². The molecule has 0 radical (unpaired) electrons. The van der Waals surface area contributed by atoms with Crippen LogP contribution in [0.4, 0.5) is 0 Å². The molecule has 3 rings (SSSR count). The number of hydrogen-bond donors (Lipinski definition) is 1. The monoisotopic (exact) mass is 230 g/mol. The Morgan fingerprint density at radius 2 is 1.88 bits per heavy atom. The largest absolute Gasteiger partial charge is 0.295 e. The molecule has 88 valence electrons. The molecule has 4 nitrogen and oxygen atoms in total. The number of benzene rings is 1. The molecule has 2 heterocycles. The molecular formula is C13H14N2O2. The van der Waals surface area contributed by atoms with E-state index in [1.54, 1.807) is 0 Å². The van der Waals surface area contributed by atoms with Crippen molar-refractivity contribution < 1.29 is 9.59 Å². The zero-order valence-corrected chi connectivity index (χ0v) is 9.59. The van der Waals surface area contributed by atoms with Crippen LogP contribution in [0.1, 0.15) is 18.0 Å². The van der Waals surface area contributed by atoms with Gasteiger partial charge < -0.3 is 0 Å². The third-order valence-corrected chi connectivity index (χ3v) is 3.82. The predicted octanol–water partition coefficient (Wildman–Crippen LogP) is 0.704. The first-order valence-corrected chi connectivity index (χ1v) is 5.80. The second kappa shape index (κ2) is 3.67. The van der Waals surface area contributed by atoms with E-state index in [1.807, 2.05) is 42.3 Å². The summed E-state index contributed by atoms with van der Waals surface area (Å²) in [6.45, 7) is 0. The Balaban J connectivity index is 2.01. The number of nitrogens with zero attached hydrogens (tertiary/aromatic N) is 1. The van der Waals surface area contributed by atoms with E-state index in [4.69, 9.17) is 0 Å². The molecule has 4 heteroatoms. The fourth-order valence-electron chi connectivity index (χ4n) is 2.97. The summed E-state index contributed by atoms with van der Waals surface area (Å²) in [4.78, 5) is 25.5. The minimum atomic E-state index is -0.164. The van der Waals surface area contributed by atoms with E-state index in [1.165, 1.54) is 0 Å². The van der Waals surface area contributed by atoms with Gasteiger partial charge in [-0.15, -0.1) is 0 Å². The highest BCUT2D eigenvalue weighted by atomic mass is 16.2. The zero-order chi connectivity index (χ0) is 12.0. The van der Waals surface area contributed by atoms with Crippen LogP contribution in [0.5, 0.6) is 0 Å². The summed E-state index contributed by atoms with van der Waals surface area (Å²) in [5, 5.41) is 2.45. The van der Waals surface area contributed by atoms with E-state index >= 15 is 0 Å². The van der Waals surface area contributed by atoms with Crippen LogP contribution in [-0.4, -0.2) is 29.8 Å². The molecule has 1 N–H and O–H groups in total. The Morgan fingerprint density at radius 3 is 2.59 bits per heavy atom. The van der Waals surface area contributed by atoms with Crippen LogP contribution in [0.15, 0.2) is 30.3 Å². The van der Waals surface area contributed by atoms with Gasteiger partial charge in [-0.2, -0.15) is 0 Å². The molecule has 2 saturated heterocycles. The normalized spacial score (nSPS) is 32.6. The summed E-state index contributed by atoms with van der Waals surface area (Å²) in [6.07, 6.45) is 0.640. The summed E-state index contributed by atoms with van der Waals surface area (Å²) in [5.41, 5.74) is 1.10. The first kappa shape index (κ1) is 10.5. The van der Waals surface area contributed by atoms with Crippen molar-refractivity contribution in [2.75, 3.05) is 7.05 Å². The van der Waals surface area contributed by atoms with Gasteiger partial charge in [0.05, 0.1) is 12.0 Å². The minimum Gasteiger partial charge on any atom is -0.295 e. The maximum Gasteiger partial charge on any atom is 0.243 e. The first-order chi connectivity index (χ1) is 8.18. The molecule has 2 aliphatic rings. The van der Waals surface area contributed by atoms with Crippen LogP contribution in [0, 0.1) is 5.92 Å². The Labute approximate surface area is 99.6 Å². The number of rotatable bonds is 1. The predicted molar refractivity (Wildman–Crippen MR) is 62.0 cm³/mol. The lowest BCUT2D eigenvalue weighted by Gasteiger charge is -2.23. The molecule has 0 aliphatic carbocycles. The molecule has 0 unspecified atom stereocenters. The minimum absolute atomic E-state index is 0.0210. The Bertz CT molecular complexity index is 472. The van der Waals surface area contributed by atoms with Gasteiger partial charge in [-0.25, -0.2) is 0 Å². The number of amides is 2. The molecule has 0 saturated carbocycles. The smallest absolute Gasteiger partial charge is 0.243 e. The molecule has 17 heavy (non-hydrogen) atoms. The molecule has 2 bridgehead atoms. The van der Waals surface area contributed by atoms with Crippen LogP contribution in [0.3, 0.4) is 0 Å². The van der Waals surface area contributed by atoms with E-state index in [0.717, 1.165) is 5.56 Å². The zero-order valence-electron chi connectivity index (χ0n) is 9.59. The molecule has 2 amide bonds. The summed E-state index contributed by atoms with van der Waals surface area (Å²) < 4.78 is 0. The van der Waals surface area contributed by atoms with Gasteiger partial charge in [0.15, 0.2) is 0 Å². The fraction of sp³-hybridized carbons (Fsp3) is 0.385. The van der Waals surface area contributed by atoms with Gasteiger partial charge >= 0.3 is 0 Å². The summed E-state index contributed by atoms with van der Waals surface area (Å²) in [5.74, 6) is -0.401. The first-order valence-electron chi connectivity index (χ1n) is 5.80. The maximum atomic E-state index is 11.8. The highest BCUT2D eigenvalue weighted by Crippen LogP contribution is 2.41. The van der Waals surface area contributed by atoms with Crippen molar-refractivity contribution >= 4 is 11.8 Å². The van der Waals surface area contributed by atoms with E-state index in [-0.39, 0.29) is 29.8 Å². The van der Waals surface area contributed by atoms with Crippen molar-refractivity contribution in [3.05, 3.63) is 35.9 Å². The lowest BCUT2D eigenvalue weighted by atomic mass is 9.90. The third kappa shape index (κ3) is 1.48. The Hall–Kier alpha value is -1.68. The van der Waals surface area contributed by atoms with Crippen molar-refractivity contribution in [1.82, 2.24) is 10.2 Å². The van der Waals surface area contributed by atoms with Gasteiger partial charge in [-0.05, 0) is 19.0 Å². The van der Waals surface area contributed by atoms with Gasteiger partial charge in [0, 0.05) is 6.04 Å². The maximum absolute atomic E-state index is 11.8. The van der Waals surface area contributed by atoms with Crippen molar-refractivity contribution in [3.8, 4) is 0 Å². The summed E-state index contributed by atoms with van der Waals surface area (Å²) in [7, 11) is 1.92. The second-order valence-corrected chi connectivity index (χ2v) is 4.73. The van der Waals surface area contributed by atoms with E-state index < -0.39 is 0 Å². The fourth-order valence-corrected chi connectivity index (χ4v) is 2.97. The number of imide groups is 1. The molecule has 0 aromatic heterocycles. The molecule has 3 atom stereocenters. The average molecular weight is 230 g/mol. The summed E-state index contributed by atoms with van der Waals surface area (Å²) in [6, 6.07) is 9.77. The molecule has 2 fully saturated rings. The standard InChI is InChI=1S/C13H14N2O2/c1-15-10-7-9(12(16)14-13(10)17)11(15)8-5-3-2-4-6-8/h2-6,9-11H,7H2,1H3,(H,14,16,17)/t9-,10-,11-/m1/s1. The number of likely N-dealkylation sites (N-methyl/N-ethyl adjacent to an activating group) is 1. The highest BCUT2D eigenvalue weighted by Gasteiger charge is 2.50. The van der Waals surface area contributed by atoms with Crippen molar-refractivity contribution in [2.24, 2.45) is 5.92 Å². The topological polar surface area (TPSA) is 49.4 Å². The van der Waals surface area contributed by atoms with Gasteiger partial charge in [-0.1, -0.05) is 30.3 Å². The van der Waals surface area contributed by atoms with Gasteiger partial charge in [0.1, 0.15) is 0 Å². The van der Waals surface area contributed by atoms with Crippen LogP contribution in [-0.2, 0) is 9.59 Å². The molecular weight excluding hydrogens is 216 g/mol. The summed E-state index contributed by atoms with van der Waals surface area (Å²) >= 11 is 0. The van der Waals surface area contributed by atoms with Crippen LogP contribution in [0.25, 0.3) is 0 Å². The van der Waals surface area contributed by atoms with Crippen LogP contribution in [0.2, 0.25) is 0 Å². The number of piperidine rings is 1. The van der Waals surface area contributed by atoms with Gasteiger partial charge in [0.2, 0.25) is 11.8 Å². The van der Waals surface area contributed by atoms with Crippen LogP contribution < -0.4 is 5.32 Å². The molecule has 2 aliphatic heterocycles. The van der Waals surface area contributed by atoms with E-state index in [2.05, 4.69) is 5.32 Å². The second-order valence-electron chi connectivity index (χ2n) is 4.73. The lowest BCUT2D eigenvalue weighted by Crippen LogP contribution is -2.46. The number of likely N-dealkylation sites (tertiary alicyclic amines) is 1. The number of hydrogen-bond acceptors (Lipinski definition) is 3. The van der Waals surface area contributed by atoms with E-state index in [9.17, 15) is 9.59 Å². The Kier molecular flexibility index (Phi) is 2.26. The number of carbonyl (C=O) groups is 2. The van der Waals surface area contributed by atoms with Crippen molar-refractivity contribution in [2.45, 2.75) is 18.5 Å². The van der Waals surface area contributed by atoms with Crippen molar-refractivity contribution in [3.63, 3.8) is 0 Å². The average Bonchev–Trinajstić information content (AvgIpc) is 2.63. The molecule has 0 spiro atoms. The highest BCUT2D eigenvalue weighted by molar-refractivity contribution is 6.02. The SMILES string of the molecule is CN1[C@@H]2C[C@@H](C(=O)NC2=O)[C@H]1c1ccccc1. The molecule has 1 aromatic carbocycles. The number of carbonyl (C=O) groups excluding carboxylic acids is 2. The quantitative estimate of drug-likeness (QED) is 0.723. The number of fused-ring (bicyclic) bond motifs is 2. The molecule has 1 aromatic rings. The van der Waals surface area contributed by atoms with Gasteiger partial charge in [-0.3, -0.25) is 19.8 Å². The lowest BCUT2D eigenvalue weighted by molar-refractivity contribution is -0.136. The van der Waals surface area contributed by atoms with Gasteiger partial charge in [0.25, 0.3) is 0 Å². The van der Waals surface area contributed by atoms with Crippen molar-refractivity contribution in [1.29, 1.82) is 0 Å². The Morgan fingerprint density at radius 1 is 1.18 bits per heavy atom.